The molecule has 1 saturated heterocycles. The van der Waals surface area contributed by atoms with Crippen LogP contribution in [0.15, 0.2) is 36.5 Å². The van der Waals surface area contributed by atoms with Crippen molar-refractivity contribution in [1.29, 1.82) is 0 Å². The largest absolute Gasteiger partial charge is 0.416 e. The molecule has 1 spiro atoms. The molecule has 0 radical (unpaired) electrons. The summed E-state index contributed by atoms with van der Waals surface area (Å²) in [7, 11) is 0. The third kappa shape index (κ3) is 3.88. The summed E-state index contributed by atoms with van der Waals surface area (Å²) in [4.78, 5) is 30.2. The van der Waals surface area contributed by atoms with Crippen molar-refractivity contribution in [2.75, 3.05) is 18.4 Å². The SMILES string of the molecule is O=C(Nc1ccc(Cl)cn1)C(=O)N1CCC2(CCc3cc(C(F)(F)F)ccc32)CC1. The summed E-state index contributed by atoms with van der Waals surface area (Å²) < 4.78 is 39.0. The van der Waals surface area contributed by atoms with Gasteiger partial charge in [-0.25, -0.2) is 4.98 Å². The van der Waals surface area contributed by atoms with E-state index in [4.69, 9.17) is 11.6 Å². The van der Waals surface area contributed by atoms with Crippen molar-refractivity contribution in [3.8, 4) is 0 Å². The molecular formula is C21H19ClF3N3O2. The number of carbonyl (C=O) groups is 2. The molecule has 0 saturated carbocycles. The Kier molecular flexibility index (Phi) is 5.22. The summed E-state index contributed by atoms with van der Waals surface area (Å²) in [5, 5.41) is 2.87. The molecule has 0 atom stereocenters. The van der Waals surface area contributed by atoms with E-state index in [0.717, 1.165) is 23.6 Å². The molecule has 1 aliphatic heterocycles. The fourth-order valence-corrected chi connectivity index (χ4v) is 4.53. The van der Waals surface area contributed by atoms with E-state index in [1.54, 1.807) is 12.1 Å². The Bertz CT molecular complexity index is 984. The average molecular weight is 438 g/mol. The highest BCUT2D eigenvalue weighted by Crippen LogP contribution is 2.47. The average Bonchev–Trinajstić information content (AvgIpc) is 3.07. The first-order valence-corrected chi connectivity index (χ1v) is 9.98. The van der Waals surface area contributed by atoms with Crippen LogP contribution >= 0.6 is 11.6 Å². The number of carbonyl (C=O) groups excluding carboxylic acids is 2. The maximum atomic E-state index is 13.0. The minimum absolute atomic E-state index is 0.232. The summed E-state index contributed by atoms with van der Waals surface area (Å²) in [5.41, 5.74) is 0.816. The predicted octanol–water partition coefficient (Wildman–Crippen LogP) is 4.20. The quantitative estimate of drug-likeness (QED) is 0.680. The van der Waals surface area contributed by atoms with Gasteiger partial charge in [0.25, 0.3) is 0 Å². The van der Waals surface area contributed by atoms with Gasteiger partial charge in [0.05, 0.1) is 10.6 Å². The number of halogens is 4. The minimum atomic E-state index is -4.35. The maximum Gasteiger partial charge on any atom is 0.416 e. The molecule has 2 aliphatic rings. The zero-order valence-electron chi connectivity index (χ0n) is 15.9. The van der Waals surface area contributed by atoms with E-state index in [1.165, 1.54) is 23.2 Å². The van der Waals surface area contributed by atoms with Crippen LogP contribution in [0.25, 0.3) is 0 Å². The fourth-order valence-electron chi connectivity index (χ4n) is 4.42. The molecule has 1 fully saturated rings. The lowest BCUT2D eigenvalue weighted by molar-refractivity contribution is -0.144. The van der Waals surface area contributed by atoms with Crippen LogP contribution in [0, 0.1) is 0 Å². The molecule has 1 aromatic heterocycles. The topological polar surface area (TPSA) is 62.3 Å². The number of rotatable bonds is 1. The number of aryl methyl sites for hydroxylation is 1. The molecular weight excluding hydrogens is 419 g/mol. The highest BCUT2D eigenvalue weighted by molar-refractivity contribution is 6.39. The van der Waals surface area contributed by atoms with E-state index in [0.29, 0.717) is 37.4 Å². The molecule has 4 rings (SSSR count). The van der Waals surface area contributed by atoms with Gasteiger partial charge in [-0.05, 0) is 66.5 Å². The second kappa shape index (κ2) is 7.58. The number of nitrogens with zero attached hydrogens (tertiary/aromatic N) is 2. The maximum absolute atomic E-state index is 13.0. The van der Waals surface area contributed by atoms with E-state index < -0.39 is 23.6 Å². The zero-order chi connectivity index (χ0) is 21.5. The molecule has 5 nitrogen and oxygen atoms in total. The van der Waals surface area contributed by atoms with Crippen molar-refractivity contribution in [2.45, 2.75) is 37.3 Å². The van der Waals surface area contributed by atoms with Gasteiger partial charge in [-0.3, -0.25) is 9.59 Å². The molecule has 2 amide bonds. The molecule has 1 N–H and O–H groups in total. The van der Waals surface area contributed by atoms with Crippen LogP contribution in [0.2, 0.25) is 5.02 Å². The Balaban J connectivity index is 1.41. The number of likely N-dealkylation sites (tertiary alicyclic amines) is 1. The van der Waals surface area contributed by atoms with Gasteiger partial charge in [0.2, 0.25) is 0 Å². The van der Waals surface area contributed by atoms with Crippen molar-refractivity contribution in [3.63, 3.8) is 0 Å². The number of fused-ring (bicyclic) bond motifs is 2. The van der Waals surface area contributed by atoms with E-state index >= 15 is 0 Å². The van der Waals surface area contributed by atoms with Crippen LogP contribution in [0.5, 0.6) is 0 Å². The van der Waals surface area contributed by atoms with E-state index in [9.17, 15) is 22.8 Å². The number of pyridine rings is 1. The molecule has 0 unspecified atom stereocenters. The van der Waals surface area contributed by atoms with Crippen LogP contribution in [0.4, 0.5) is 19.0 Å². The van der Waals surface area contributed by atoms with Gasteiger partial charge in [0, 0.05) is 19.3 Å². The van der Waals surface area contributed by atoms with Gasteiger partial charge in [-0.1, -0.05) is 17.7 Å². The molecule has 2 aromatic rings. The lowest BCUT2D eigenvalue weighted by Gasteiger charge is -2.40. The number of hydrogen-bond donors (Lipinski definition) is 1. The van der Waals surface area contributed by atoms with Crippen LogP contribution in [0.3, 0.4) is 0 Å². The van der Waals surface area contributed by atoms with Gasteiger partial charge in [0.1, 0.15) is 5.82 Å². The van der Waals surface area contributed by atoms with Gasteiger partial charge in [-0.2, -0.15) is 13.2 Å². The second-order valence-electron chi connectivity index (χ2n) is 7.76. The number of hydrogen-bond acceptors (Lipinski definition) is 3. The van der Waals surface area contributed by atoms with Crippen molar-refractivity contribution in [3.05, 3.63) is 58.2 Å². The second-order valence-corrected chi connectivity index (χ2v) is 8.19. The standard InChI is InChI=1S/C21H19ClF3N3O2/c22-15-2-4-17(26-12-15)27-18(29)19(30)28-9-7-20(8-10-28)6-5-13-11-14(21(23,24)25)1-3-16(13)20/h1-4,11-12H,5-10H2,(H,26,27,29). The Hall–Kier alpha value is -2.61. The smallest absolute Gasteiger partial charge is 0.334 e. The number of nitrogens with one attached hydrogen (secondary N) is 1. The summed E-state index contributed by atoms with van der Waals surface area (Å²) in [6.45, 7) is 0.752. The summed E-state index contributed by atoms with van der Waals surface area (Å²) in [6.07, 6.45) is -0.406. The van der Waals surface area contributed by atoms with E-state index in [-0.39, 0.29) is 11.2 Å². The summed E-state index contributed by atoms with van der Waals surface area (Å²) in [5.74, 6) is -1.19. The van der Waals surface area contributed by atoms with Crippen LogP contribution < -0.4 is 5.32 Å². The highest BCUT2D eigenvalue weighted by Gasteiger charge is 2.43. The number of benzene rings is 1. The minimum Gasteiger partial charge on any atom is -0.334 e. The number of amides is 2. The van der Waals surface area contributed by atoms with E-state index in [1.807, 2.05) is 0 Å². The molecule has 0 bridgehead atoms. The number of piperidine rings is 1. The summed E-state index contributed by atoms with van der Waals surface area (Å²) >= 11 is 5.75. The molecule has 2 heterocycles. The predicted molar refractivity (Wildman–Crippen MR) is 105 cm³/mol. The van der Waals surface area contributed by atoms with Gasteiger partial charge < -0.3 is 10.2 Å². The monoisotopic (exact) mass is 437 g/mol. The Morgan fingerprint density at radius 1 is 1.10 bits per heavy atom. The zero-order valence-corrected chi connectivity index (χ0v) is 16.7. The number of anilines is 1. The number of alkyl halides is 3. The van der Waals surface area contributed by atoms with Crippen molar-refractivity contribution >= 4 is 29.2 Å². The number of aromatic nitrogens is 1. The Morgan fingerprint density at radius 3 is 2.47 bits per heavy atom. The first-order chi connectivity index (χ1) is 14.2. The first-order valence-electron chi connectivity index (χ1n) is 9.60. The Morgan fingerprint density at radius 2 is 1.83 bits per heavy atom. The van der Waals surface area contributed by atoms with Crippen molar-refractivity contribution < 1.29 is 22.8 Å². The van der Waals surface area contributed by atoms with Crippen LogP contribution in [0.1, 0.15) is 36.0 Å². The Labute approximate surface area is 176 Å². The lowest BCUT2D eigenvalue weighted by atomic mass is 9.73. The molecule has 30 heavy (non-hydrogen) atoms. The molecule has 158 valence electrons. The van der Waals surface area contributed by atoms with Crippen molar-refractivity contribution in [1.82, 2.24) is 9.88 Å². The van der Waals surface area contributed by atoms with Gasteiger partial charge in [-0.15, -0.1) is 0 Å². The highest BCUT2D eigenvalue weighted by atomic mass is 35.5. The normalized spacial score (nSPS) is 17.7. The third-order valence-electron chi connectivity index (χ3n) is 6.05. The van der Waals surface area contributed by atoms with Crippen LogP contribution in [-0.2, 0) is 27.6 Å². The molecule has 1 aromatic carbocycles. The third-order valence-corrected chi connectivity index (χ3v) is 6.27. The lowest BCUT2D eigenvalue weighted by Crippen LogP contribution is -2.48. The van der Waals surface area contributed by atoms with Gasteiger partial charge >= 0.3 is 18.0 Å². The first kappa shape index (κ1) is 20.7. The summed E-state index contributed by atoms with van der Waals surface area (Å²) in [6, 6.07) is 7.02. The van der Waals surface area contributed by atoms with Crippen molar-refractivity contribution in [2.24, 2.45) is 0 Å². The van der Waals surface area contributed by atoms with Gasteiger partial charge in [0.15, 0.2) is 0 Å². The molecule has 1 aliphatic carbocycles. The van der Waals surface area contributed by atoms with E-state index in [2.05, 4.69) is 10.3 Å². The fraction of sp³-hybridized carbons (Fsp3) is 0.381. The van der Waals surface area contributed by atoms with Crippen LogP contribution in [-0.4, -0.2) is 34.8 Å². The molecule has 9 heteroatoms.